The van der Waals surface area contributed by atoms with Gasteiger partial charge in [0.25, 0.3) is 0 Å². The lowest BCUT2D eigenvalue weighted by atomic mass is 9.82. The lowest BCUT2D eigenvalue weighted by molar-refractivity contribution is 0.0359. The molecule has 2 heterocycles. The Morgan fingerprint density at radius 2 is 2.35 bits per heavy atom. The average molecular weight is 386 g/mol. The number of halogens is 1. The number of aliphatic hydroxyl groups is 1. The van der Waals surface area contributed by atoms with Crippen molar-refractivity contribution in [1.82, 2.24) is 14.8 Å². The van der Waals surface area contributed by atoms with Gasteiger partial charge in [0.15, 0.2) is 0 Å². The summed E-state index contributed by atoms with van der Waals surface area (Å²) >= 11 is 7.52. The summed E-state index contributed by atoms with van der Waals surface area (Å²) < 4.78 is 5.44. The van der Waals surface area contributed by atoms with Gasteiger partial charge in [0.1, 0.15) is 5.60 Å². The van der Waals surface area contributed by atoms with Crippen LogP contribution in [0.2, 0.25) is 5.02 Å². The van der Waals surface area contributed by atoms with Crippen LogP contribution in [-0.2, 0) is 0 Å². The summed E-state index contributed by atoms with van der Waals surface area (Å²) in [4.78, 5) is 0. The molecule has 6 heteroatoms. The highest BCUT2D eigenvalue weighted by molar-refractivity contribution is 7.03. The first kappa shape index (κ1) is 17.6. The third kappa shape index (κ3) is 4.11. The molecule has 1 aromatic heterocycles. The fourth-order valence-corrected chi connectivity index (χ4v) is 4.30. The normalized spacial score (nSPS) is 24.7. The van der Waals surface area contributed by atoms with Crippen molar-refractivity contribution in [3.05, 3.63) is 50.8 Å². The van der Waals surface area contributed by atoms with E-state index in [4.69, 9.17) is 11.6 Å². The molecule has 0 amide bonds. The number of rotatable bonds is 2. The van der Waals surface area contributed by atoms with Crippen LogP contribution < -0.4 is 15.2 Å². The van der Waals surface area contributed by atoms with E-state index in [1.54, 1.807) is 0 Å². The molecule has 2 N–H and O–H groups in total. The maximum absolute atomic E-state index is 10.9. The van der Waals surface area contributed by atoms with E-state index in [9.17, 15) is 5.11 Å². The van der Waals surface area contributed by atoms with Gasteiger partial charge >= 0.3 is 0 Å². The molecule has 4 rings (SSSR count). The Bertz CT molecular complexity index is 977. The van der Waals surface area contributed by atoms with E-state index in [1.165, 1.54) is 16.1 Å². The van der Waals surface area contributed by atoms with Crippen LogP contribution >= 0.6 is 23.1 Å². The largest absolute Gasteiger partial charge is 0.378 e. The van der Waals surface area contributed by atoms with Crippen LogP contribution in [0.3, 0.4) is 0 Å². The van der Waals surface area contributed by atoms with Gasteiger partial charge in [-0.05, 0) is 55.1 Å². The number of aromatic nitrogens is 1. The Kier molecular flexibility index (Phi) is 5.01. The van der Waals surface area contributed by atoms with Gasteiger partial charge < -0.3 is 10.1 Å². The fourth-order valence-electron chi connectivity index (χ4n) is 3.47. The van der Waals surface area contributed by atoms with Crippen molar-refractivity contribution in [1.29, 1.82) is 0 Å². The minimum Gasteiger partial charge on any atom is -0.378 e. The maximum atomic E-state index is 10.9. The van der Waals surface area contributed by atoms with Crippen LogP contribution in [0.5, 0.6) is 0 Å². The highest BCUT2D eigenvalue weighted by Crippen LogP contribution is 2.28. The molecule has 4 nitrogen and oxygen atoms in total. The van der Waals surface area contributed by atoms with Gasteiger partial charge in [-0.15, -0.1) is 0 Å². The minimum absolute atomic E-state index is 0.195. The van der Waals surface area contributed by atoms with Gasteiger partial charge in [-0.1, -0.05) is 29.5 Å². The zero-order valence-electron chi connectivity index (χ0n) is 14.3. The summed E-state index contributed by atoms with van der Waals surface area (Å²) in [5.41, 5.74) is 3.39. The third-order valence-electron chi connectivity index (χ3n) is 4.74. The van der Waals surface area contributed by atoms with Crippen LogP contribution in [0.15, 0.2) is 30.5 Å². The summed E-state index contributed by atoms with van der Waals surface area (Å²) in [6.07, 6.45) is 9.43. The van der Waals surface area contributed by atoms with E-state index < -0.39 is 5.60 Å². The Hall–Kier alpha value is -1.84. The second-order valence-electron chi connectivity index (χ2n) is 6.85. The SMILES string of the molecule is O[C@]1(C#Cc2cccc(Cl)c2)CCC[C@@H](NN2C=c3cnsc3=CC2)C1. The van der Waals surface area contributed by atoms with Gasteiger partial charge in [0.2, 0.25) is 0 Å². The van der Waals surface area contributed by atoms with Crippen molar-refractivity contribution in [3.63, 3.8) is 0 Å². The topological polar surface area (TPSA) is 48.4 Å². The third-order valence-corrected chi connectivity index (χ3v) is 5.78. The van der Waals surface area contributed by atoms with Crippen molar-refractivity contribution in [2.75, 3.05) is 6.54 Å². The molecule has 26 heavy (non-hydrogen) atoms. The van der Waals surface area contributed by atoms with Crippen LogP contribution in [0, 0.1) is 11.8 Å². The van der Waals surface area contributed by atoms with Crippen molar-refractivity contribution >= 4 is 35.4 Å². The molecule has 1 aliphatic carbocycles. The highest BCUT2D eigenvalue weighted by Gasteiger charge is 2.33. The zero-order chi connectivity index (χ0) is 18.0. The van der Waals surface area contributed by atoms with Gasteiger partial charge in [-0.2, -0.15) is 4.37 Å². The predicted molar refractivity (Wildman–Crippen MR) is 106 cm³/mol. The van der Waals surface area contributed by atoms with Gasteiger partial charge in [0, 0.05) is 34.5 Å². The smallest absolute Gasteiger partial charge is 0.127 e. The van der Waals surface area contributed by atoms with E-state index >= 15 is 0 Å². The summed E-state index contributed by atoms with van der Waals surface area (Å²) in [6, 6.07) is 7.62. The first-order valence-corrected chi connectivity index (χ1v) is 9.91. The molecule has 2 atom stereocenters. The Morgan fingerprint density at radius 1 is 1.42 bits per heavy atom. The maximum Gasteiger partial charge on any atom is 0.127 e. The molecule has 0 spiro atoms. The Labute approximate surface area is 161 Å². The van der Waals surface area contributed by atoms with Crippen molar-refractivity contribution < 1.29 is 5.11 Å². The minimum atomic E-state index is -0.965. The number of hydrogen-bond donors (Lipinski definition) is 2. The average Bonchev–Trinajstić information content (AvgIpc) is 3.08. The number of nitrogens with zero attached hydrogens (tertiary/aromatic N) is 2. The molecule has 134 valence electrons. The van der Waals surface area contributed by atoms with Gasteiger partial charge in [-0.3, -0.25) is 0 Å². The number of fused-ring (bicyclic) bond motifs is 1. The standard InChI is InChI=1S/C20H20ClN3OS/c21-17-4-1-3-15(11-17)6-9-20(25)8-2-5-18(12-20)23-24-10-7-19-16(14-24)13-22-26-19/h1,3-4,7,11,13-14,18,23,25H,2,5,8,10,12H2/t18-,20+/m1/s1. The van der Waals surface area contributed by atoms with E-state index in [1.807, 2.05) is 30.5 Å². The van der Waals surface area contributed by atoms with E-state index in [0.29, 0.717) is 17.9 Å². The zero-order valence-corrected chi connectivity index (χ0v) is 15.9. The quantitative estimate of drug-likeness (QED) is 0.775. The lowest BCUT2D eigenvalue weighted by Gasteiger charge is -2.36. The Balaban J connectivity index is 1.44. The predicted octanol–water partition coefficient (Wildman–Crippen LogP) is 1.86. The molecule has 0 unspecified atom stereocenters. The van der Waals surface area contributed by atoms with E-state index in [2.05, 4.69) is 38.9 Å². The van der Waals surface area contributed by atoms with Crippen LogP contribution in [-0.4, -0.2) is 32.7 Å². The number of hydrazine groups is 1. The molecule has 1 aliphatic heterocycles. The molecule has 1 aromatic carbocycles. The van der Waals surface area contributed by atoms with Gasteiger partial charge in [0.05, 0.1) is 17.3 Å². The van der Waals surface area contributed by atoms with Crippen molar-refractivity contribution in [3.8, 4) is 11.8 Å². The van der Waals surface area contributed by atoms with Crippen molar-refractivity contribution in [2.24, 2.45) is 0 Å². The summed E-state index contributed by atoms with van der Waals surface area (Å²) in [7, 11) is 0. The highest BCUT2D eigenvalue weighted by atomic mass is 35.5. The van der Waals surface area contributed by atoms with E-state index in [0.717, 1.165) is 30.2 Å². The first-order chi connectivity index (χ1) is 12.6. The number of benzene rings is 1. The van der Waals surface area contributed by atoms with Gasteiger partial charge in [-0.25, -0.2) is 5.43 Å². The van der Waals surface area contributed by atoms with E-state index in [-0.39, 0.29) is 6.04 Å². The summed E-state index contributed by atoms with van der Waals surface area (Å²) in [6.45, 7) is 0.804. The molecule has 1 saturated carbocycles. The molecular formula is C20H20ClN3OS. The number of hydrogen-bond acceptors (Lipinski definition) is 5. The summed E-state index contributed by atoms with van der Waals surface area (Å²) in [5.74, 6) is 6.17. The van der Waals surface area contributed by atoms with Crippen LogP contribution in [0.1, 0.15) is 31.2 Å². The van der Waals surface area contributed by atoms with Crippen LogP contribution in [0.25, 0.3) is 12.3 Å². The first-order valence-electron chi connectivity index (χ1n) is 8.76. The van der Waals surface area contributed by atoms with Crippen molar-refractivity contribution in [2.45, 2.75) is 37.3 Å². The Morgan fingerprint density at radius 3 is 3.23 bits per heavy atom. The van der Waals surface area contributed by atoms with Crippen LogP contribution in [0.4, 0.5) is 0 Å². The fraction of sp³-hybridized carbons (Fsp3) is 0.350. The lowest BCUT2D eigenvalue weighted by Crippen LogP contribution is -2.50. The monoisotopic (exact) mass is 385 g/mol. The second-order valence-corrected chi connectivity index (χ2v) is 8.11. The molecule has 0 bridgehead atoms. The summed E-state index contributed by atoms with van der Waals surface area (Å²) in [5, 5.41) is 14.8. The molecule has 2 aromatic rings. The molecule has 2 aliphatic rings. The molecule has 0 saturated heterocycles. The second kappa shape index (κ2) is 7.42. The number of nitrogens with one attached hydrogen (secondary N) is 1. The molecule has 1 fully saturated rings. The molecule has 0 radical (unpaired) electrons. The molecular weight excluding hydrogens is 366 g/mol.